The molecule has 198 valence electrons. The SMILES string of the molecule is Cc1cn(-c2ccc(NC(=O)c3ccc(Cl)c(C#Cc4ccc(NC5CCC5)nn4)c3)cc2C(F)(F)F)cn1. The number of amides is 1. The summed E-state index contributed by atoms with van der Waals surface area (Å²) >= 11 is 6.27. The maximum atomic E-state index is 13.8. The fourth-order valence-corrected chi connectivity index (χ4v) is 4.12. The third-order valence-electron chi connectivity index (χ3n) is 6.23. The molecule has 39 heavy (non-hydrogen) atoms. The normalized spacial score (nSPS) is 13.3. The van der Waals surface area contributed by atoms with E-state index in [1.54, 1.807) is 19.1 Å². The minimum atomic E-state index is -4.65. The van der Waals surface area contributed by atoms with Crippen molar-refractivity contribution in [2.75, 3.05) is 10.6 Å². The lowest BCUT2D eigenvalue weighted by atomic mass is 9.93. The van der Waals surface area contributed by atoms with Gasteiger partial charge in [-0.05, 0) is 80.6 Å². The Morgan fingerprint density at radius 2 is 1.90 bits per heavy atom. The minimum Gasteiger partial charge on any atom is -0.366 e. The molecule has 0 unspecified atom stereocenters. The largest absolute Gasteiger partial charge is 0.418 e. The summed E-state index contributed by atoms with van der Waals surface area (Å²) in [5, 5.41) is 14.4. The highest BCUT2D eigenvalue weighted by Crippen LogP contribution is 2.36. The number of hydrogen-bond donors (Lipinski definition) is 2. The van der Waals surface area contributed by atoms with Gasteiger partial charge in [0.25, 0.3) is 5.91 Å². The van der Waals surface area contributed by atoms with Crippen LogP contribution in [0.2, 0.25) is 5.02 Å². The van der Waals surface area contributed by atoms with Crippen LogP contribution in [0, 0.1) is 18.8 Å². The van der Waals surface area contributed by atoms with Gasteiger partial charge >= 0.3 is 6.18 Å². The zero-order valence-electron chi connectivity index (χ0n) is 20.7. The zero-order valence-corrected chi connectivity index (χ0v) is 21.4. The summed E-state index contributed by atoms with van der Waals surface area (Å²) in [7, 11) is 0. The van der Waals surface area contributed by atoms with Crippen molar-refractivity contribution >= 4 is 29.0 Å². The molecule has 4 aromatic rings. The number of imidazole rings is 1. The third kappa shape index (κ3) is 6.21. The Morgan fingerprint density at radius 3 is 2.54 bits per heavy atom. The summed E-state index contributed by atoms with van der Waals surface area (Å²) in [6, 6.07) is 12.0. The molecule has 1 aliphatic rings. The van der Waals surface area contributed by atoms with Crippen molar-refractivity contribution in [1.29, 1.82) is 0 Å². The third-order valence-corrected chi connectivity index (χ3v) is 6.55. The van der Waals surface area contributed by atoms with Crippen molar-refractivity contribution < 1.29 is 18.0 Å². The maximum Gasteiger partial charge on any atom is 0.418 e. The number of aryl methyl sites for hydroxylation is 1. The molecule has 11 heteroatoms. The molecular formula is C28H22ClF3N6O. The molecule has 0 bridgehead atoms. The molecule has 1 fully saturated rings. The van der Waals surface area contributed by atoms with Crippen molar-refractivity contribution in [2.45, 2.75) is 38.4 Å². The number of anilines is 2. The van der Waals surface area contributed by atoms with E-state index in [9.17, 15) is 18.0 Å². The predicted molar refractivity (Wildman–Crippen MR) is 142 cm³/mol. The van der Waals surface area contributed by atoms with Crippen LogP contribution in [0.25, 0.3) is 5.69 Å². The second kappa shape index (κ2) is 10.8. The topological polar surface area (TPSA) is 84.7 Å². The Hall–Kier alpha value is -4.36. The molecule has 5 rings (SSSR count). The molecule has 0 aliphatic heterocycles. The maximum absolute atomic E-state index is 13.8. The standard InChI is InChI=1S/C28H22ClF3N6O/c1-17-15-38(16-33-17)25-11-8-22(14-23(25)28(30,31)32)35-27(39)19-6-10-24(29)18(13-19)5-7-21-9-12-26(37-36-21)34-20-3-2-4-20/h6,8-16,20H,2-4H2,1H3,(H,34,37)(H,35,39). The number of benzene rings is 2. The molecule has 2 N–H and O–H groups in total. The number of nitrogens with one attached hydrogen (secondary N) is 2. The lowest BCUT2D eigenvalue weighted by Gasteiger charge is -2.26. The summed E-state index contributed by atoms with van der Waals surface area (Å²) < 4.78 is 42.7. The molecule has 0 radical (unpaired) electrons. The Labute approximate surface area is 227 Å². The van der Waals surface area contributed by atoms with Crippen LogP contribution < -0.4 is 10.6 Å². The van der Waals surface area contributed by atoms with Crippen molar-refractivity contribution in [3.63, 3.8) is 0 Å². The van der Waals surface area contributed by atoms with Gasteiger partial charge in [-0.2, -0.15) is 13.2 Å². The van der Waals surface area contributed by atoms with E-state index in [0.29, 0.717) is 33.8 Å². The molecule has 1 amide bonds. The second-order valence-electron chi connectivity index (χ2n) is 9.13. The Balaban J connectivity index is 1.33. The molecule has 2 heterocycles. The molecule has 0 spiro atoms. The quantitative estimate of drug-likeness (QED) is 0.287. The lowest BCUT2D eigenvalue weighted by Crippen LogP contribution is -2.27. The number of rotatable bonds is 5. The Bertz CT molecular complexity index is 1580. The van der Waals surface area contributed by atoms with E-state index in [4.69, 9.17) is 11.6 Å². The summed E-state index contributed by atoms with van der Waals surface area (Å²) in [5.41, 5.74) is 0.527. The average molecular weight is 551 g/mol. The summed E-state index contributed by atoms with van der Waals surface area (Å²) in [6.45, 7) is 1.68. The summed E-state index contributed by atoms with van der Waals surface area (Å²) in [6.07, 6.45) is 1.59. The first-order valence-corrected chi connectivity index (χ1v) is 12.5. The van der Waals surface area contributed by atoms with E-state index in [2.05, 4.69) is 37.7 Å². The molecular weight excluding hydrogens is 529 g/mol. The van der Waals surface area contributed by atoms with Crippen LogP contribution in [0.1, 0.15) is 52.1 Å². The van der Waals surface area contributed by atoms with Gasteiger partial charge < -0.3 is 15.2 Å². The van der Waals surface area contributed by atoms with E-state index in [0.717, 1.165) is 18.9 Å². The molecule has 1 saturated carbocycles. The van der Waals surface area contributed by atoms with Crippen LogP contribution in [0.5, 0.6) is 0 Å². The van der Waals surface area contributed by atoms with Crippen LogP contribution in [-0.2, 0) is 6.18 Å². The molecule has 2 aromatic heterocycles. The first-order valence-electron chi connectivity index (χ1n) is 12.1. The van der Waals surface area contributed by atoms with Crippen LogP contribution in [-0.4, -0.2) is 31.7 Å². The number of halogens is 4. The van der Waals surface area contributed by atoms with Gasteiger partial charge in [-0.1, -0.05) is 17.5 Å². The van der Waals surface area contributed by atoms with Crippen LogP contribution in [0.3, 0.4) is 0 Å². The van der Waals surface area contributed by atoms with Gasteiger partial charge in [-0.3, -0.25) is 4.79 Å². The van der Waals surface area contributed by atoms with Gasteiger partial charge in [0.2, 0.25) is 0 Å². The highest BCUT2D eigenvalue weighted by molar-refractivity contribution is 6.32. The Morgan fingerprint density at radius 1 is 1.08 bits per heavy atom. The minimum absolute atomic E-state index is 0.0126. The Kier molecular flexibility index (Phi) is 7.26. The van der Waals surface area contributed by atoms with Crippen molar-refractivity contribution in [1.82, 2.24) is 19.7 Å². The van der Waals surface area contributed by atoms with Crippen LogP contribution >= 0.6 is 11.6 Å². The molecule has 7 nitrogen and oxygen atoms in total. The fourth-order valence-electron chi connectivity index (χ4n) is 3.95. The van der Waals surface area contributed by atoms with Gasteiger partial charge in [0.15, 0.2) is 0 Å². The van der Waals surface area contributed by atoms with Gasteiger partial charge in [0.1, 0.15) is 11.5 Å². The number of aromatic nitrogens is 4. The number of hydrogen-bond acceptors (Lipinski definition) is 5. The average Bonchev–Trinajstić information content (AvgIpc) is 3.32. The number of alkyl halides is 3. The van der Waals surface area contributed by atoms with Crippen molar-refractivity contribution in [3.8, 4) is 17.5 Å². The molecule has 0 atom stereocenters. The van der Waals surface area contributed by atoms with E-state index in [-0.39, 0.29) is 16.9 Å². The monoisotopic (exact) mass is 550 g/mol. The van der Waals surface area contributed by atoms with Crippen molar-refractivity contribution in [2.24, 2.45) is 0 Å². The van der Waals surface area contributed by atoms with Crippen LogP contribution in [0.4, 0.5) is 24.7 Å². The van der Waals surface area contributed by atoms with Gasteiger partial charge in [-0.15, -0.1) is 10.2 Å². The zero-order chi connectivity index (χ0) is 27.6. The van der Waals surface area contributed by atoms with E-state index < -0.39 is 17.6 Å². The first-order chi connectivity index (χ1) is 18.7. The second-order valence-corrected chi connectivity index (χ2v) is 9.53. The van der Waals surface area contributed by atoms with Gasteiger partial charge in [0.05, 0.1) is 28.3 Å². The van der Waals surface area contributed by atoms with Crippen molar-refractivity contribution in [3.05, 3.63) is 94.2 Å². The van der Waals surface area contributed by atoms with Crippen LogP contribution in [0.15, 0.2) is 61.1 Å². The first kappa shape index (κ1) is 26.3. The summed E-state index contributed by atoms with van der Waals surface area (Å²) in [4.78, 5) is 16.9. The number of carbonyl (C=O) groups excluding carboxylic acids is 1. The molecule has 2 aromatic carbocycles. The van der Waals surface area contributed by atoms with E-state index in [1.165, 1.54) is 53.8 Å². The fraction of sp³-hybridized carbons (Fsp3) is 0.214. The number of nitrogens with zero attached hydrogens (tertiary/aromatic N) is 4. The highest BCUT2D eigenvalue weighted by Gasteiger charge is 2.34. The van der Waals surface area contributed by atoms with E-state index >= 15 is 0 Å². The summed E-state index contributed by atoms with van der Waals surface area (Å²) in [5.74, 6) is 5.83. The molecule has 1 aliphatic carbocycles. The van der Waals surface area contributed by atoms with Gasteiger partial charge in [-0.25, -0.2) is 4.98 Å². The highest BCUT2D eigenvalue weighted by atomic mass is 35.5. The number of carbonyl (C=O) groups is 1. The van der Waals surface area contributed by atoms with E-state index in [1.807, 2.05) is 0 Å². The van der Waals surface area contributed by atoms with Gasteiger partial charge in [0, 0.05) is 29.1 Å². The predicted octanol–water partition coefficient (Wildman–Crippen LogP) is 6.26. The lowest BCUT2D eigenvalue weighted by molar-refractivity contribution is -0.137. The smallest absolute Gasteiger partial charge is 0.366 e. The molecule has 0 saturated heterocycles.